The lowest BCUT2D eigenvalue weighted by atomic mass is 10.5. The van der Waals surface area contributed by atoms with E-state index < -0.39 is 16.5 Å². The first-order valence-electron chi connectivity index (χ1n) is 2.84. The number of amides is 1. The lowest BCUT2D eigenvalue weighted by Gasteiger charge is -2.11. The molecule has 0 aliphatic rings. The number of nitrogens with zero attached hydrogens (tertiary/aromatic N) is 1. The molecule has 0 aliphatic heterocycles. The third-order valence-corrected chi connectivity index (χ3v) is 1.77. The first kappa shape index (κ1) is 10.2. The van der Waals surface area contributed by atoms with E-state index in [1.807, 2.05) is 0 Å². The summed E-state index contributed by atoms with van der Waals surface area (Å²) in [5.74, 6) is 0. The van der Waals surface area contributed by atoms with Gasteiger partial charge in [-0.1, -0.05) is 10.8 Å². The third kappa shape index (κ3) is 3.17. The minimum atomic E-state index is -5.09. The Kier molecular flexibility index (Phi) is 3.24. The van der Waals surface area contributed by atoms with E-state index >= 15 is 0 Å². The van der Waals surface area contributed by atoms with Crippen LogP contribution in [0.25, 0.3) is 0 Å². The quantitative estimate of drug-likeness (QED) is 0.653. The molecule has 1 amide bonds. The van der Waals surface area contributed by atoms with Crippen molar-refractivity contribution in [1.82, 2.24) is 4.31 Å². The summed E-state index contributed by atoms with van der Waals surface area (Å²) in [7, 11) is -5.09. The Morgan fingerprint density at radius 3 is 2.18 bits per heavy atom. The molecule has 0 aromatic rings. The zero-order valence-electron chi connectivity index (χ0n) is 5.82. The summed E-state index contributed by atoms with van der Waals surface area (Å²) >= 11 is 0. The maximum absolute atomic E-state index is 12.0. The van der Waals surface area contributed by atoms with Crippen LogP contribution in [0.5, 0.6) is 0 Å². The largest absolute Gasteiger partial charge is 0.464 e. The minimum absolute atomic E-state index is 0.243. The molecule has 0 saturated heterocycles. The molecule has 11 heavy (non-hydrogen) atoms. The first-order chi connectivity index (χ1) is 4.89. The SMILES string of the molecule is CCCN(C(=O)O)S(=O)(=O)F. The Bertz CT molecular complexity index is 236. The lowest BCUT2D eigenvalue weighted by Crippen LogP contribution is -2.33. The van der Waals surface area contributed by atoms with E-state index in [1.54, 1.807) is 6.92 Å². The van der Waals surface area contributed by atoms with Crippen LogP contribution in [0.15, 0.2) is 0 Å². The molecular formula is C4H8FNO4S. The second kappa shape index (κ2) is 3.51. The van der Waals surface area contributed by atoms with Gasteiger partial charge in [0.15, 0.2) is 0 Å². The van der Waals surface area contributed by atoms with Crippen LogP contribution < -0.4 is 0 Å². The van der Waals surface area contributed by atoms with Crippen molar-refractivity contribution in [2.45, 2.75) is 13.3 Å². The highest BCUT2D eigenvalue weighted by molar-refractivity contribution is 7.84. The van der Waals surface area contributed by atoms with Gasteiger partial charge in [0.05, 0.1) is 0 Å². The van der Waals surface area contributed by atoms with Crippen LogP contribution in [0.4, 0.5) is 8.68 Å². The van der Waals surface area contributed by atoms with E-state index in [0.717, 1.165) is 0 Å². The van der Waals surface area contributed by atoms with Gasteiger partial charge in [-0.3, -0.25) is 0 Å². The molecule has 0 aromatic carbocycles. The highest BCUT2D eigenvalue weighted by Gasteiger charge is 2.24. The molecule has 0 radical (unpaired) electrons. The van der Waals surface area contributed by atoms with Gasteiger partial charge in [0.1, 0.15) is 0 Å². The normalized spacial score (nSPS) is 11.1. The summed E-state index contributed by atoms with van der Waals surface area (Å²) in [5, 5.41) is 8.15. The number of hydrogen-bond donors (Lipinski definition) is 1. The summed E-state index contributed by atoms with van der Waals surface area (Å²) in [6.45, 7) is 1.19. The van der Waals surface area contributed by atoms with Crippen molar-refractivity contribution in [2.24, 2.45) is 0 Å². The molecule has 0 unspecified atom stereocenters. The summed E-state index contributed by atoms with van der Waals surface area (Å²) in [6.07, 6.45) is -1.55. The average Bonchev–Trinajstić information content (AvgIpc) is 1.79. The number of hydrogen-bond acceptors (Lipinski definition) is 3. The van der Waals surface area contributed by atoms with Crippen molar-refractivity contribution in [3.05, 3.63) is 0 Å². The fourth-order valence-electron chi connectivity index (χ4n) is 0.501. The van der Waals surface area contributed by atoms with Crippen LogP contribution in [0.2, 0.25) is 0 Å². The van der Waals surface area contributed by atoms with E-state index in [4.69, 9.17) is 5.11 Å². The third-order valence-electron chi connectivity index (χ3n) is 0.903. The van der Waals surface area contributed by atoms with E-state index in [-0.39, 0.29) is 17.3 Å². The molecule has 0 bridgehead atoms. The molecule has 0 aromatic heterocycles. The van der Waals surface area contributed by atoms with Gasteiger partial charge < -0.3 is 5.11 Å². The van der Waals surface area contributed by atoms with Gasteiger partial charge in [0.25, 0.3) is 0 Å². The van der Waals surface area contributed by atoms with Crippen LogP contribution in [-0.2, 0) is 10.4 Å². The highest BCUT2D eigenvalue weighted by atomic mass is 32.3. The van der Waals surface area contributed by atoms with Crippen LogP contribution in [0.3, 0.4) is 0 Å². The summed E-state index contributed by atoms with van der Waals surface area (Å²) in [4.78, 5) is 10.0. The fraction of sp³-hybridized carbons (Fsp3) is 0.750. The smallest absolute Gasteiger partial charge is 0.423 e. The lowest BCUT2D eigenvalue weighted by molar-refractivity contribution is 0.170. The van der Waals surface area contributed by atoms with Crippen molar-refractivity contribution in [3.8, 4) is 0 Å². The maximum atomic E-state index is 12.0. The summed E-state index contributed by atoms with van der Waals surface area (Å²) < 4.78 is 31.8. The van der Waals surface area contributed by atoms with Gasteiger partial charge in [0.2, 0.25) is 0 Å². The zero-order chi connectivity index (χ0) is 9.07. The van der Waals surface area contributed by atoms with Crippen LogP contribution in [0, 0.1) is 0 Å². The van der Waals surface area contributed by atoms with Crippen molar-refractivity contribution in [2.75, 3.05) is 6.54 Å². The van der Waals surface area contributed by atoms with Gasteiger partial charge in [-0.25, -0.2) is 4.79 Å². The summed E-state index contributed by atoms with van der Waals surface area (Å²) in [5.41, 5.74) is 0. The number of rotatable bonds is 3. The van der Waals surface area contributed by atoms with Crippen molar-refractivity contribution < 1.29 is 22.2 Å². The van der Waals surface area contributed by atoms with E-state index in [9.17, 15) is 17.1 Å². The topological polar surface area (TPSA) is 74.7 Å². The van der Waals surface area contributed by atoms with Gasteiger partial charge >= 0.3 is 16.5 Å². The molecule has 7 heteroatoms. The van der Waals surface area contributed by atoms with Gasteiger partial charge in [0, 0.05) is 6.54 Å². The molecule has 0 atom stereocenters. The number of carboxylic acid groups (broad SMARTS) is 1. The zero-order valence-corrected chi connectivity index (χ0v) is 6.64. The molecule has 0 fully saturated rings. The highest BCUT2D eigenvalue weighted by Crippen LogP contribution is 2.03. The first-order valence-corrected chi connectivity index (χ1v) is 4.19. The number of halogens is 1. The van der Waals surface area contributed by atoms with Crippen LogP contribution >= 0.6 is 0 Å². The molecule has 0 saturated carbocycles. The summed E-state index contributed by atoms with van der Waals surface area (Å²) in [6, 6.07) is 0. The van der Waals surface area contributed by atoms with Crippen molar-refractivity contribution >= 4 is 16.5 Å². The van der Waals surface area contributed by atoms with Crippen LogP contribution in [-0.4, -0.2) is 30.5 Å². The molecule has 66 valence electrons. The van der Waals surface area contributed by atoms with Crippen molar-refractivity contribution in [3.63, 3.8) is 0 Å². The van der Waals surface area contributed by atoms with Gasteiger partial charge in [-0.15, -0.1) is 0 Å². The second-order valence-electron chi connectivity index (χ2n) is 1.80. The van der Waals surface area contributed by atoms with E-state index in [0.29, 0.717) is 0 Å². The molecule has 0 heterocycles. The standard InChI is InChI=1S/C4H8FNO4S/c1-2-3-6(4(7)8)11(5,9)10/h2-3H2,1H3,(H,7,8). The molecule has 0 spiro atoms. The predicted molar refractivity (Wildman–Crippen MR) is 35.0 cm³/mol. The molecule has 1 N–H and O–H groups in total. The Morgan fingerprint density at radius 2 is 2.09 bits per heavy atom. The Balaban J connectivity index is 4.49. The molecular weight excluding hydrogens is 177 g/mol. The minimum Gasteiger partial charge on any atom is -0.464 e. The molecule has 0 rings (SSSR count). The Morgan fingerprint density at radius 1 is 1.64 bits per heavy atom. The predicted octanol–water partition coefficient (Wildman–Crippen LogP) is 0.591. The second-order valence-corrected chi connectivity index (χ2v) is 3.06. The fourth-order valence-corrected chi connectivity index (χ4v) is 1.09. The van der Waals surface area contributed by atoms with E-state index in [2.05, 4.69) is 0 Å². The average molecular weight is 185 g/mol. The van der Waals surface area contributed by atoms with E-state index in [1.165, 1.54) is 0 Å². The van der Waals surface area contributed by atoms with Crippen LogP contribution in [0.1, 0.15) is 13.3 Å². The van der Waals surface area contributed by atoms with Gasteiger partial charge in [-0.2, -0.15) is 12.7 Å². The molecule has 0 aliphatic carbocycles. The molecule has 5 nitrogen and oxygen atoms in total. The number of carbonyl (C=O) groups is 1. The maximum Gasteiger partial charge on any atom is 0.423 e. The Hall–Kier alpha value is -0.850. The monoisotopic (exact) mass is 185 g/mol. The Labute approximate surface area is 63.8 Å². The van der Waals surface area contributed by atoms with Gasteiger partial charge in [-0.05, 0) is 6.42 Å². The van der Waals surface area contributed by atoms with Crippen molar-refractivity contribution in [1.29, 1.82) is 0 Å².